The topological polar surface area (TPSA) is 105 Å². The second-order valence-corrected chi connectivity index (χ2v) is 8.08. The van der Waals surface area contributed by atoms with Crippen LogP contribution in [0.4, 0.5) is 5.69 Å². The molecule has 2 aromatic rings. The molecule has 144 valence electrons. The molecule has 3 N–H and O–H groups in total. The van der Waals surface area contributed by atoms with Gasteiger partial charge in [0.2, 0.25) is 10.0 Å². The van der Waals surface area contributed by atoms with Gasteiger partial charge in [-0.25, -0.2) is 17.9 Å². The molecular formula is C19H22N2O5S. The lowest BCUT2D eigenvalue weighted by molar-refractivity contribution is 0.0696. The van der Waals surface area contributed by atoms with E-state index in [0.717, 1.165) is 18.4 Å². The van der Waals surface area contributed by atoms with E-state index in [2.05, 4.69) is 10.0 Å². The number of anilines is 1. The first-order valence-corrected chi connectivity index (χ1v) is 10.2. The Labute approximate surface area is 158 Å². The van der Waals surface area contributed by atoms with Crippen LogP contribution in [-0.4, -0.2) is 38.7 Å². The maximum Gasteiger partial charge on any atom is 0.335 e. The first-order valence-electron chi connectivity index (χ1n) is 8.72. The zero-order valence-corrected chi connectivity index (χ0v) is 15.5. The normalized spacial score (nSPS) is 17.0. The first kappa shape index (κ1) is 19.3. The van der Waals surface area contributed by atoms with Gasteiger partial charge in [0.15, 0.2) is 0 Å². The van der Waals surface area contributed by atoms with E-state index in [4.69, 9.17) is 4.74 Å². The van der Waals surface area contributed by atoms with Gasteiger partial charge in [-0.15, -0.1) is 0 Å². The van der Waals surface area contributed by atoms with E-state index in [1.54, 1.807) is 0 Å². The quantitative estimate of drug-likeness (QED) is 0.640. The molecule has 3 rings (SSSR count). The zero-order chi connectivity index (χ0) is 19.3. The molecule has 0 radical (unpaired) electrons. The van der Waals surface area contributed by atoms with Crippen LogP contribution in [0, 0.1) is 0 Å². The van der Waals surface area contributed by atoms with Gasteiger partial charge in [0.1, 0.15) is 4.90 Å². The third-order valence-corrected chi connectivity index (χ3v) is 5.81. The number of carboxylic acids is 1. The van der Waals surface area contributed by atoms with Crippen LogP contribution in [0.15, 0.2) is 53.4 Å². The summed E-state index contributed by atoms with van der Waals surface area (Å²) in [6.07, 6.45) is 1.92. The molecule has 1 heterocycles. The number of benzene rings is 2. The van der Waals surface area contributed by atoms with Gasteiger partial charge in [0.25, 0.3) is 0 Å². The molecule has 0 spiro atoms. The van der Waals surface area contributed by atoms with Gasteiger partial charge < -0.3 is 15.2 Å². The van der Waals surface area contributed by atoms with Gasteiger partial charge in [0.05, 0.1) is 17.4 Å². The molecule has 7 nitrogen and oxygen atoms in total. The van der Waals surface area contributed by atoms with Crippen molar-refractivity contribution in [2.45, 2.75) is 30.4 Å². The Balaban J connectivity index is 1.82. The van der Waals surface area contributed by atoms with E-state index < -0.39 is 16.0 Å². The van der Waals surface area contributed by atoms with Crippen LogP contribution < -0.4 is 10.0 Å². The van der Waals surface area contributed by atoms with Crippen LogP contribution in [0.3, 0.4) is 0 Å². The summed E-state index contributed by atoms with van der Waals surface area (Å²) in [5.41, 5.74) is 1.08. The molecular weight excluding hydrogens is 368 g/mol. The Hall–Kier alpha value is -2.42. The second-order valence-electron chi connectivity index (χ2n) is 6.34. The fourth-order valence-corrected chi connectivity index (χ4v) is 4.13. The van der Waals surface area contributed by atoms with Crippen molar-refractivity contribution in [2.24, 2.45) is 0 Å². The van der Waals surface area contributed by atoms with Crippen molar-refractivity contribution in [2.75, 3.05) is 18.5 Å². The lowest BCUT2D eigenvalue weighted by atomic mass is 10.2. The van der Waals surface area contributed by atoms with Crippen LogP contribution in [0.5, 0.6) is 0 Å². The molecule has 1 aliphatic heterocycles. The van der Waals surface area contributed by atoms with Crippen molar-refractivity contribution in [1.29, 1.82) is 0 Å². The van der Waals surface area contributed by atoms with Gasteiger partial charge in [-0.3, -0.25) is 0 Å². The van der Waals surface area contributed by atoms with Crippen molar-refractivity contribution in [3.8, 4) is 0 Å². The number of carboxylic acid groups (broad SMARTS) is 1. The predicted molar refractivity (Wildman–Crippen MR) is 101 cm³/mol. The highest BCUT2D eigenvalue weighted by molar-refractivity contribution is 7.89. The largest absolute Gasteiger partial charge is 0.478 e. The number of nitrogens with one attached hydrogen (secondary N) is 2. The molecule has 0 unspecified atom stereocenters. The van der Waals surface area contributed by atoms with E-state index in [1.807, 2.05) is 30.3 Å². The highest BCUT2D eigenvalue weighted by atomic mass is 32.2. The summed E-state index contributed by atoms with van der Waals surface area (Å²) in [7, 11) is -3.91. The van der Waals surface area contributed by atoms with Crippen molar-refractivity contribution in [3.63, 3.8) is 0 Å². The average molecular weight is 390 g/mol. The number of hydrogen-bond acceptors (Lipinski definition) is 5. The monoisotopic (exact) mass is 390 g/mol. The van der Waals surface area contributed by atoms with E-state index in [-0.39, 0.29) is 23.1 Å². The van der Waals surface area contributed by atoms with E-state index in [1.165, 1.54) is 18.2 Å². The van der Waals surface area contributed by atoms with Gasteiger partial charge in [0, 0.05) is 19.7 Å². The second kappa shape index (κ2) is 8.51. The fourth-order valence-electron chi connectivity index (χ4n) is 2.90. The van der Waals surface area contributed by atoms with Crippen molar-refractivity contribution < 1.29 is 23.1 Å². The van der Waals surface area contributed by atoms with Crippen LogP contribution in [0.2, 0.25) is 0 Å². The van der Waals surface area contributed by atoms with Gasteiger partial charge in [-0.05, 0) is 36.6 Å². The summed E-state index contributed by atoms with van der Waals surface area (Å²) in [6.45, 7) is 1.29. The van der Waals surface area contributed by atoms with Crippen LogP contribution in [-0.2, 0) is 21.3 Å². The predicted octanol–water partition coefficient (Wildman–Crippen LogP) is 2.45. The summed E-state index contributed by atoms with van der Waals surface area (Å²) in [4.78, 5) is 11.2. The minimum absolute atomic E-state index is 0.0250. The van der Waals surface area contributed by atoms with Crippen LogP contribution in [0.1, 0.15) is 28.8 Å². The summed E-state index contributed by atoms with van der Waals surface area (Å²) < 4.78 is 33.7. The molecule has 0 aromatic heterocycles. The summed E-state index contributed by atoms with van der Waals surface area (Å²) >= 11 is 0. The van der Waals surface area contributed by atoms with Crippen molar-refractivity contribution in [1.82, 2.24) is 4.72 Å². The van der Waals surface area contributed by atoms with Crippen LogP contribution in [0.25, 0.3) is 0 Å². The third-order valence-electron chi connectivity index (χ3n) is 4.37. The molecule has 0 bridgehead atoms. The number of carbonyl (C=O) groups is 1. The Morgan fingerprint density at radius 1 is 1.19 bits per heavy atom. The molecule has 1 saturated heterocycles. The molecule has 8 heteroatoms. The lowest BCUT2D eigenvalue weighted by Crippen LogP contribution is -2.26. The van der Waals surface area contributed by atoms with E-state index in [9.17, 15) is 18.3 Å². The summed E-state index contributed by atoms with van der Waals surface area (Å²) in [6, 6.07) is 13.2. The Kier molecular flexibility index (Phi) is 6.10. The van der Waals surface area contributed by atoms with Crippen LogP contribution >= 0.6 is 0 Å². The number of rotatable bonds is 8. The SMILES string of the molecule is O=C(O)c1ccc(NC[C@@H]2CCCO2)c(S(=O)(=O)NCc2ccccc2)c1. The number of sulfonamides is 1. The van der Waals surface area contributed by atoms with E-state index in [0.29, 0.717) is 18.8 Å². The molecule has 27 heavy (non-hydrogen) atoms. The Bertz CT molecular complexity index is 894. The van der Waals surface area contributed by atoms with Crippen molar-refractivity contribution >= 4 is 21.7 Å². The lowest BCUT2D eigenvalue weighted by Gasteiger charge is -2.16. The minimum atomic E-state index is -3.91. The third kappa shape index (κ3) is 5.06. The molecule has 0 saturated carbocycles. The van der Waals surface area contributed by atoms with Gasteiger partial charge in [-0.2, -0.15) is 0 Å². The molecule has 1 fully saturated rings. The van der Waals surface area contributed by atoms with Crippen molar-refractivity contribution in [3.05, 3.63) is 59.7 Å². The molecule has 1 atom stereocenters. The standard InChI is InChI=1S/C19H22N2O5S/c22-19(23)15-8-9-17(20-13-16-7-4-10-26-16)18(11-15)27(24,25)21-12-14-5-2-1-3-6-14/h1-3,5-6,8-9,11,16,20-21H,4,7,10,12-13H2,(H,22,23)/t16-/m0/s1. The fraction of sp³-hybridized carbons (Fsp3) is 0.316. The molecule has 0 aliphatic carbocycles. The van der Waals surface area contributed by atoms with Gasteiger partial charge in [-0.1, -0.05) is 30.3 Å². The maximum atomic E-state index is 12.8. The van der Waals surface area contributed by atoms with Gasteiger partial charge >= 0.3 is 5.97 Å². The molecule has 0 amide bonds. The minimum Gasteiger partial charge on any atom is -0.478 e. The smallest absolute Gasteiger partial charge is 0.335 e. The molecule has 1 aliphatic rings. The molecule has 2 aromatic carbocycles. The Morgan fingerprint density at radius 2 is 1.96 bits per heavy atom. The Morgan fingerprint density at radius 3 is 2.63 bits per heavy atom. The summed E-state index contributed by atoms with van der Waals surface area (Å²) in [5.74, 6) is -1.18. The number of ether oxygens (including phenoxy) is 1. The number of aromatic carboxylic acids is 1. The zero-order valence-electron chi connectivity index (χ0n) is 14.7. The number of hydrogen-bond donors (Lipinski definition) is 3. The van der Waals surface area contributed by atoms with E-state index >= 15 is 0 Å². The first-order chi connectivity index (χ1) is 13.0. The highest BCUT2D eigenvalue weighted by Gasteiger charge is 2.22. The highest BCUT2D eigenvalue weighted by Crippen LogP contribution is 2.24. The average Bonchev–Trinajstić information content (AvgIpc) is 3.19. The maximum absolute atomic E-state index is 12.8. The summed E-state index contributed by atoms with van der Waals surface area (Å²) in [5, 5.41) is 12.3.